The molecule has 0 radical (unpaired) electrons. The number of rotatable bonds is 5. The third-order valence-electron chi connectivity index (χ3n) is 4.67. The van der Waals surface area contributed by atoms with Crippen LogP contribution in [0.25, 0.3) is 0 Å². The minimum Gasteiger partial charge on any atom is -0.497 e. The summed E-state index contributed by atoms with van der Waals surface area (Å²) in [6.07, 6.45) is 5.69. The van der Waals surface area contributed by atoms with E-state index in [1.807, 2.05) is 35.4 Å². The molecule has 2 heterocycles. The molecule has 29 heavy (non-hydrogen) atoms. The van der Waals surface area contributed by atoms with Gasteiger partial charge >= 0.3 is 10.1 Å². The zero-order chi connectivity index (χ0) is 20.4. The molecule has 2 aromatic rings. The van der Waals surface area contributed by atoms with Crippen LogP contribution >= 0.6 is 0 Å². The maximum absolute atomic E-state index is 12.8. The molecule has 2 aliphatic rings. The van der Waals surface area contributed by atoms with Crippen LogP contribution in [0.1, 0.15) is 5.56 Å². The molecule has 0 N–H and O–H groups in total. The summed E-state index contributed by atoms with van der Waals surface area (Å²) >= 11 is 0. The fraction of sp³-hybridized carbons (Fsp3) is 0.190. The lowest BCUT2D eigenvalue weighted by atomic mass is 10.1. The molecule has 0 saturated carbocycles. The van der Waals surface area contributed by atoms with Gasteiger partial charge in [0.25, 0.3) is 0 Å². The van der Waals surface area contributed by atoms with Crippen molar-refractivity contribution < 1.29 is 22.1 Å². The number of fused-ring (bicyclic) bond motifs is 2. The van der Waals surface area contributed by atoms with Crippen LogP contribution in [0, 0.1) is 0 Å². The fourth-order valence-electron chi connectivity index (χ4n) is 3.12. The number of allylic oxidation sites excluding steroid dienone is 2. The third-order valence-corrected chi connectivity index (χ3v) is 5.92. The van der Waals surface area contributed by atoms with Gasteiger partial charge in [-0.25, -0.2) is 4.99 Å². The van der Waals surface area contributed by atoms with E-state index < -0.39 is 10.1 Å². The van der Waals surface area contributed by atoms with Crippen LogP contribution < -0.4 is 13.7 Å². The molecule has 0 unspecified atom stereocenters. The molecule has 4 rings (SSSR count). The number of hydrogen-bond donors (Lipinski definition) is 0. The molecule has 0 aromatic heterocycles. The van der Waals surface area contributed by atoms with E-state index in [1.165, 1.54) is 6.08 Å². The van der Waals surface area contributed by atoms with Crippen LogP contribution in [-0.4, -0.2) is 39.9 Å². The molecule has 0 atom stereocenters. The van der Waals surface area contributed by atoms with Crippen LogP contribution in [0.15, 0.2) is 70.7 Å². The second kappa shape index (κ2) is 7.63. The van der Waals surface area contributed by atoms with Crippen molar-refractivity contribution in [1.29, 1.82) is 0 Å². The summed E-state index contributed by atoms with van der Waals surface area (Å²) in [4.78, 5) is 6.45. The summed E-state index contributed by atoms with van der Waals surface area (Å²) in [5, 5.41) is 0. The second-order valence-corrected chi connectivity index (χ2v) is 7.99. The highest BCUT2D eigenvalue weighted by Gasteiger charge is 2.33. The van der Waals surface area contributed by atoms with Crippen LogP contribution in [0.3, 0.4) is 0 Å². The number of hydrogen-bond acceptors (Lipinski definition) is 7. The van der Waals surface area contributed by atoms with Crippen LogP contribution in [-0.2, 0) is 16.5 Å². The van der Waals surface area contributed by atoms with Gasteiger partial charge in [-0.05, 0) is 48.4 Å². The van der Waals surface area contributed by atoms with Crippen molar-refractivity contribution in [3.05, 3.63) is 71.3 Å². The highest BCUT2D eigenvalue weighted by molar-refractivity contribution is 7.92. The Bertz CT molecular complexity index is 1120. The molecule has 0 spiro atoms. The van der Waals surface area contributed by atoms with Crippen molar-refractivity contribution in [1.82, 2.24) is 4.90 Å². The van der Waals surface area contributed by atoms with E-state index in [-0.39, 0.29) is 10.7 Å². The van der Waals surface area contributed by atoms with Crippen molar-refractivity contribution in [2.24, 2.45) is 4.99 Å². The van der Waals surface area contributed by atoms with E-state index in [1.54, 1.807) is 38.5 Å². The number of nitrogens with zero attached hydrogens (tertiary/aromatic N) is 2. The quantitative estimate of drug-likeness (QED) is 0.701. The largest absolute Gasteiger partial charge is 0.497 e. The van der Waals surface area contributed by atoms with Gasteiger partial charge in [-0.1, -0.05) is 12.1 Å². The predicted octanol–water partition coefficient (Wildman–Crippen LogP) is 3.41. The number of benzene rings is 2. The Balaban J connectivity index is 1.66. The first-order chi connectivity index (χ1) is 14.0. The first-order valence-electron chi connectivity index (χ1n) is 9.00. The Kier molecular flexibility index (Phi) is 5.02. The zero-order valence-corrected chi connectivity index (χ0v) is 16.8. The predicted molar refractivity (Wildman–Crippen MR) is 110 cm³/mol. The summed E-state index contributed by atoms with van der Waals surface area (Å²) < 4.78 is 41.3. The van der Waals surface area contributed by atoms with Crippen molar-refractivity contribution in [3.63, 3.8) is 0 Å². The Labute approximate surface area is 169 Å². The first kappa shape index (κ1) is 19.1. The Morgan fingerprint density at radius 3 is 2.48 bits per heavy atom. The topological polar surface area (TPSA) is 77.4 Å². The van der Waals surface area contributed by atoms with Gasteiger partial charge in [-0.3, -0.25) is 0 Å². The summed E-state index contributed by atoms with van der Waals surface area (Å²) in [6, 6.07) is 12.6. The molecule has 7 nitrogen and oxygen atoms in total. The maximum Gasteiger partial charge on any atom is 0.343 e. The smallest absolute Gasteiger partial charge is 0.343 e. The average Bonchev–Trinajstić information content (AvgIpc) is 2.85. The van der Waals surface area contributed by atoms with Crippen molar-refractivity contribution in [3.8, 4) is 17.2 Å². The monoisotopic (exact) mass is 412 g/mol. The van der Waals surface area contributed by atoms with Crippen LogP contribution in [0.5, 0.6) is 17.2 Å². The van der Waals surface area contributed by atoms with E-state index in [4.69, 9.17) is 13.7 Å². The lowest BCUT2D eigenvalue weighted by molar-refractivity contribution is 0.414. The summed E-state index contributed by atoms with van der Waals surface area (Å²) in [5.41, 5.74) is 1.50. The van der Waals surface area contributed by atoms with E-state index in [9.17, 15) is 8.42 Å². The van der Waals surface area contributed by atoms with Gasteiger partial charge < -0.3 is 18.6 Å². The molecule has 2 aromatic carbocycles. The highest BCUT2D eigenvalue weighted by Crippen LogP contribution is 2.38. The molecule has 2 aliphatic heterocycles. The van der Waals surface area contributed by atoms with Gasteiger partial charge in [-0.15, -0.1) is 0 Å². The van der Waals surface area contributed by atoms with Gasteiger partial charge in [0.15, 0.2) is 11.6 Å². The van der Waals surface area contributed by atoms with E-state index >= 15 is 0 Å². The number of amidine groups is 1. The number of ether oxygens (including phenoxy) is 2. The second-order valence-electron chi connectivity index (χ2n) is 6.47. The number of aliphatic imine (C=N–C) groups is 1. The highest BCUT2D eigenvalue weighted by atomic mass is 32.2. The molecule has 0 amide bonds. The summed E-state index contributed by atoms with van der Waals surface area (Å²) in [6.45, 7) is 0.549. The minimum atomic E-state index is -4.00. The molecule has 0 saturated heterocycles. The van der Waals surface area contributed by atoms with E-state index in [0.29, 0.717) is 30.2 Å². The van der Waals surface area contributed by atoms with Gasteiger partial charge in [-0.2, -0.15) is 8.42 Å². The van der Waals surface area contributed by atoms with E-state index in [0.717, 1.165) is 11.3 Å². The van der Waals surface area contributed by atoms with Gasteiger partial charge in [0.2, 0.25) is 0 Å². The third kappa shape index (κ3) is 3.84. The van der Waals surface area contributed by atoms with Gasteiger partial charge in [0.05, 0.1) is 14.2 Å². The Hall–Kier alpha value is -3.26. The summed E-state index contributed by atoms with van der Waals surface area (Å²) in [7, 11) is -0.831. The van der Waals surface area contributed by atoms with Gasteiger partial charge in [0, 0.05) is 18.8 Å². The van der Waals surface area contributed by atoms with Crippen molar-refractivity contribution >= 4 is 21.6 Å². The molecule has 150 valence electrons. The molecule has 0 bridgehead atoms. The Morgan fingerprint density at radius 1 is 1.03 bits per heavy atom. The van der Waals surface area contributed by atoms with E-state index in [2.05, 4.69) is 4.99 Å². The summed E-state index contributed by atoms with van der Waals surface area (Å²) in [5.74, 6) is 1.85. The molecular weight excluding hydrogens is 392 g/mol. The van der Waals surface area contributed by atoms with Gasteiger partial charge in [0.1, 0.15) is 22.1 Å². The average molecular weight is 412 g/mol. The fourth-order valence-corrected chi connectivity index (χ4v) is 4.22. The molecule has 0 fully saturated rings. The molecule has 8 heteroatoms. The molecule has 0 aliphatic carbocycles. The van der Waals surface area contributed by atoms with Crippen molar-refractivity contribution in [2.45, 2.75) is 6.42 Å². The van der Waals surface area contributed by atoms with Crippen LogP contribution in [0.4, 0.5) is 5.69 Å². The minimum absolute atomic E-state index is 0.0323. The normalized spacial score (nSPS) is 16.6. The van der Waals surface area contributed by atoms with Crippen LogP contribution in [0.2, 0.25) is 0 Å². The SMILES string of the molecule is COc1ccc(CCN2C=CC=C3C2=Nc2cc(OC)ccc2OS3(=O)=O)cc1. The number of methoxy groups -OCH3 is 2. The first-order valence-corrected chi connectivity index (χ1v) is 10.4. The lowest BCUT2D eigenvalue weighted by Gasteiger charge is -2.25. The lowest BCUT2D eigenvalue weighted by Crippen LogP contribution is -2.34. The van der Waals surface area contributed by atoms with Crippen molar-refractivity contribution in [2.75, 3.05) is 20.8 Å². The maximum atomic E-state index is 12.8. The Morgan fingerprint density at radius 2 is 1.76 bits per heavy atom. The molecular formula is C21H20N2O5S. The zero-order valence-electron chi connectivity index (χ0n) is 16.0. The standard InChI is InChI=1S/C21H20N2O5S/c1-26-16-7-5-15(6-8-16)11-13-23-12-3-4-20-21(23)22-18-14-17(27-2)9-10-19(18)28-29(20,24)25/h3-10,12,14H,11,13H2,1-2H3.